The van der Waals surface area contributed by atoms with Crippen LogP contribution in [0, 0.1) is 0 Å². The number of aromatic nitrogens is 3. The lowest BCUT2D eigenvalue weighted by molar-refractivity contribution is -0.133. The molecule has 19 heavy (non-hydrogen) atoms. The first-order valence-electron chi connectivity index (χ1n) is 5.76. The number of pyridine rings is 1. The molecule has 2 aromatic heterocycles. The lowest BCUT2D eigenvalue weighted by Gasteiger charge is -2.00. The fourth-order valence-corrected chi connectivity index (χ4v) is 2.14. The Bertz CT molecular complexity index is 571. The van der Waals surface area contributed by atoms with Crippen LogP contribution < -0.4 is 0 Å². The monoisotopic (exact) mass is 279 g/mol. The van der Waals surface area contributed by atoms with Gasteiger partial charge in [0.1, 0.15) is 0 Å². The summed E-state index contributed by atoms with van der Waals surface area (Å²) in [7, 11) is 0. The van der Waals surface area contributed by atoms with Gasteiger partial charge < -0.3 is 9.63 Å². The number of aliphatic carboxylic acids is 1. The molecule has 6 nitrogen and oxygen atoms in total. The number of rotatable bonds is 6. The van der Waals surface area contributed by atoms with Gasteiger partial charge in [0.15, 0.2) is 0 Å². The lowest BCUT2D eigenvalue weighted by Crippen LogP contribution is -1.98. The Kier molecular flexibility index (Phi) is 4.51. The van der Waals surface area contributed by atoms with E-state index in [0.29, 0.717) is 17.5 Å². The van der Waals surface area contributed by atoms with E-state index in [1.54, 1.807) is 12.4 Å². The fourth-order valence-electron chi connectivity index (χ4n) is 1.58. The molecule has 2 heterocycles. The second kappa shape index (κ2) is 6.33. The van der Waals surface area contributed by atoms with Crippen LogP contribution in [0.3, 0.4) is 0 Å². The van der Waals surface area contributed by atoms with Crippen LogP contribution >= 0.6 is 11.8 Å². The number of carbonyl (C=O) groups is 1. The molecule has 0 radical (unpaired) electrons. The van der Waals surface area contributed by atoms with Crippen molar-refractivity contribution in [2.24, 2.45) is 0 Å². The zero-order valence-corrected chi connectivity index (χ0v) is 11.2. The summed E-state index contributed by atoms with van der Waals surface area (Å²) in [6, 6.07) is 1.85. The lowest BCUT2D eigenvalue weighted by atomic mass is 10.1. The van der Waals surface area contributed by atoms with E-state index in [9.17, 15) is 4.79 Å². The van der Waals surface area contributed by atoms with E-state index >= 15 is 0 Å². The maximum Gasteiger partial charge on any atom is 0.313 e. The second-order valence-corrected chi connectivity index (χ2v) is 4.77. The van der Waals surface area contributed by atoms with E-state index in [-0.39, 0.29) is 5.75 Å². The van der Waals surface area contributed by atoms with Crippen molar-refractivity contribution in [1.29, 1.82) is 0 Å². The predicted octanol–water partition coefficient (Wildman–Crippen LogP) is 2.01. The van der Waals surface area contributed by atoms with Crippen molar-refractivity contribution in [1.82, 2.24) is 15.1 Å². The standard InChI is InChI=1S/C12H13N3O3S/c1-2-8-5-13-4-3-9(8)12-14-10(18-15-12)6-19-7-11(16)17/h3-5H,2,6-7H2,1H3,(H,16,17). The highest BCUT2D eigenvalue weighted by Crippen LogP contribution is 2.21. The minimum Gasteiger partial charge on any atom is -0.481 e. The van der Waals surface area contributed by atoms with E-state index < -0.39 is 5.97 Å². The summed E-state index contributed by atoms with van der Waals surface area (Å²) in [5.74, 6) is 0.511. The largest absolute Gasteiger partial charge is 0.481 e. The molecular weight excluding hydrogens is 266 g/mol. The van der Waals surface area contributed by atoms with Crippen molar-refractivity contribution in [3.63, 3.8) is 0 Å². The quantitative estimate of drug-likeness (QED) is 0.865. The number of aryl methyl sites for hydroxylation is 1. The maximum atomic E-state index is 10.4. The molecule has 0 bridgehead atoms. The Labute approximate surface area is 114 Å². The Morgan fingerprint density at radius 2 is 2.37 bits per heavy atom. The highest BCUT2D eigenvalue weighted by Gasteiger charge is 2.12. The van der Waals surface area contributed by atoms with E-state index in [0.717, 1.165) is 17.5 Å². The Balaban J connectivity index is 2.10. The first kappa shape index (κ1) is 13.5. The van der Waals surface area contributed by atoms with Gasteiger partial charge in [-0.3, -0.25) is 9.78 Å². The number of nitrogens with zero attached hydrogens (tertiary/aromatic N) is 3. The molecule has 2 rings (SSSR count). The molecule has 0 saturated carbocycles. The van der Waals surface area contributed by atoms with Crippen LogP contribution in [-0.4, -0.2) is 32.0 Å². The summed E-state index contributed by atoms with van der Waals surface area (Å²) >= 11 is 1.22. The number of hydrogen-bond donors (Lipinski definition) is 1. The van der Waals surface area contributed by atoms with Gasteiger partial charge in [-0.25, -0.2) is 0 Å². The average Bonchev–Trinajstić information content (AvgIpc) is 2.87. The minimum absolute atomic E-state index is 0.0210. The second-order valence-electron chi connectivity index (χ2n) is 3.78. The van der Waals surface area contributed by atoms with Crippen molar-refractivity contribution in [2.45, 2.75) is 19.1 Å². The summed E-state index contributed by atoms with van der Waals surface area (Å²) in [5.41, 5.74) is 1.95. The molecular formula is C12H13N3O3S. The molecule has 0 spiro atoms. The van der Waals surface area contributed by atoms with Gasteiger partial charge in [0.05, 0.1) is 11.5 Å². The van der Waals surface area contributed by atoms with Gasteiger partial charge in [-0.2, -0.15) is 4.98 Å². The molecule has 7 heteroatoms. The molecule has 0 aliphatic rings. The normalized spacial score (nSPS) is 10.6. The summed E-state index contributed by atoms with van der Waals surface area (Å²) in [5, 5.41) is 12.5. The van der Waals surface area contributed by atoms with Crippen molar-refractivity contribution in [3.05, 3.63) is 29.9 Å². The molecule has 0 aliphatic heterocycles. The Morgan fingerprint density at radius 1 is 1.53 bits per heavy atom. The van der Waals surface area contributed by atoms with Crippen LogP contribution in [0.25, 0.3) is 11.4 Å². The Hall–Kier alpha value is -1.89. The number of carboxylic acids is 1. The molecule has 0 amide bonds. The predicted molar refractivity (Wildman–Crippen MR) is 70.7 cm³/mol. The van der Waals surface area contributed by atoms with Crippen molar-refractivity contribution in [2.75, 3.05) is 5.75 Å². The highest BCUT2D eigenvalue weighted by molar-refractivity contribution is 7.99. The van der Waals surface area contributed by atoms with Gasteiger partial charge in [-0.1, -0.05) is 12.1 Å². The number of carboxylic acid groups (broad SMARTS) is 1. The van der Waals surface area contributed by atoms with Gasteiger partial charge in [-0.05, 0) is 18.1 Å². The Morgan fingerprint density at radius 3 is 3.11 bits per heavy atom. The van der Waals surface area contributed by atoms with E-state index in [1.165, 1.54) is 11.8 Å². The van der Waals surface area contributed by atoms with Crippen molar-refractivity contribution in [3.8, 4) is 11.4 Å². The maximum absolute atomic E-state index is 10.4. The number of thioether (sulfide) groups is 1. The van der Waals surface area contributed by atoms with Crippen LogP contribution in [-0.2, 0) is 17.0 Å². The summed E-state index contributed by atoms with van der Waals surface area (Å²) in [4.78, 5) is 18.7. The summed E-state index contributed by atoms with van der Waals surface area (Å²) < 4.78 is 5.11. The zero-order valence-electron chi connectivity index (χ0n) is 10.4. The third-order valence-corrected chi connectivity index (χ3v) is 3.35. The third kappa shape index (κ3) is 3.54. The summed E-state index contributed by atoms with van der Waals surface area (Å²) in [6.07, 6.45) is 4.30. The average molecular weight is 279 g/mol. The molecule has 0 aliphatic carbocycles. The molecule has 0 aromatic carbocycles. The molecule has 0 fully saturated rings. The minimum atomic E-state index is -0.854. The number of hydrogen-bond acceptors (Lipinski definition) is 6. The van der Waals surface area contributed by atoms with Crippen LogP contribution in [0.2, 0.25) is 0 Å². The first-order chi connectivity index (χ1) is 9.20. The van der Waals surface area contributed by atoms with Gasteiger partial charge in [0.2, 0.25) is 11.7 Å². The highest BCUT2D eigenvalue weighted by atomic mass is 32.2. The van der Waals surface area contributed by atoms with Gasteiger partial charge in [0, 0.05) is 18.0 Å². The van der Waals surface area contributed by atoms with Gasteiger partial charge >= 0.3 is 5.97 Å². The van der Waals surface area contributed by atoms with Crippen LogP contribution in [0.1, 0.15) is 18.4 Å². The van der Waals surface area contributed by atoms with E-state index in [1.807, 2.05) is 13.0 Å². The van der Waals surface area contributed by atoms with Gasteiger partial charge in [-0.15, -0.1) is 11.8 Å². The topological polar surface area (TPSA) is 89.1 Å². The van der Waals surface area contributed by atoms with Crippen molar-refractivity contribution < 1.29 is 14.4 Å². The molecule has 0 saturated heterocycles. The van der Waals surface area contributed by atoms with Crippen LogP contribution in [0.15, 0.2) is 23.0 Å². The van der Waals surface area contributed by atoms with Crippen LogP contribution in [0.5, 0.6) is 0 Å². The summed E-state index contributed by atoms with van der Waals surface area (Å²) in [6.45, 7) is 2.03. The van der Waals surface area contributed by atoms with Crippen LogP contribution in [0.4, 0.5) is 0 Å². The SMILES string of the molecule is CCc1cnccc1-c1noc(CSCC(=O)O)n1. The van der Waals surface area contributed by atoms with Crippen molar-refractivity contribution >= 4 is 17.7 Å². The molecule has 2 aromatic rings. The van der Waals surface area contributed by atoms with E-state index in [4.69, 9.17) is 9.63 Å². The van der Waals surface area contributed by atoms with E-state index in [2.05, 4.69) is 15.1 Å². The first-order valence-corrected chi connectivity index (χ1v) is 6.91. The fraction of sp³-hybridized carbons (Fsp3) is 0.333. The third-order valence-electron chi connectivity index (χ3n) is 2.44. The molecule has 100 valence electrons. The molecule has 0 atom stereocenters. The zero-order chi connectivity index (χ0) is 13.7. The smallest absolute Gasteiger partial charge is 0.313 e. The molecule has 1 N–H and O–H groups in total. The van der Waals surface area contributed by atoms with Gasteiger partial charge in [0.25, 0.3) is 0 Å². The molecule has 0 unspecified atom stereocenters.